The van der Waals surface area contributed by atoms with Gasteiger partial charge in [0.2, 0.25) is 5.91 Å². The van der Waals surface area contributed by atoms with Gasteiger partial charge in [0.25, 0.3) is 0 Å². The van der Waals surface area contributed by atoms with Crippen LogP contribution in [0.1, 0.15) is 22.3 Å². The zero-order valence-electron chi connectivity index (χ0n) is 9.57. The molecule has 0 unspecified atom stereocenters. The molecule has 6 heteroatoms. The van der Waals surface area contributed by atoms with E-state index in [0.717, 1.165) is 5.56 Å². The first-order valence-corrected chi connectivity index (χ1v) is 6.05. The molecule has 1 fully saturated rings. The van der Waals surface area contributed by atoms with E-state index in [1.54, 1.807) is 13.0 Å². The number of halogens is 1. The van der Waals surface area contributed by atoms with Crippen LogP contribution in [-0.2, 0) is 9.59 Å². The van der Waals surface area contributed by atoms with E-state index in [1.807, 2.05) is 0 Å². The highest BCUT2D eigenvalue weighted by atomic mass is 79.9. The molecule has 1 amide bonds. The smallest absolute Gasteiger partial charge is 0.336 e. The number of carboxylic acids is 1. The Kier molecular flexibility index (Phi) is 3.21. The number of Topliss-reactive ketones (excluding diaryl/α,β-unsaturated/α-hetero) is 1. The zero-order valence-corrected chi connectivity index (χ0v) is 11.2. The molecule has 94 valence electrons. The van der Waals surface area contributed by atoms with E-state index in [-0.39, 0.29) is 30.2 Å². The number of carbonyl (C=O) groups excluding carboxylic acids is 2. The minimum Gasteiger partial charge on any atom is -0.478 e. The maximum absolute atomic E-state index is 11.6. The summed E-state index contributed by atoms with van der Waals surface area (Å²) in [5.74, 6) is -1.53. The van der Waals surface area contributed by atoms with E-state index in [9.17, 15) is 14.4 Å². The van der Waals surface area contributed by atoms with Gasteiger partial charge in [0, 0.05) is 10.2 Å². The van der Waals surface area contributed by atoms with Gasteiger partial charge >= 0.3 is 5.97 Å². The first-order chi connectivity index (χ1) is 8.40. The molecule has 0 aliphatic carbocycles. The number of benzene rings is 1. The first kappa shape index (κ1) is 12.8. The Morgan fingerprint density at radius 1 is 1.39 bits per heavy atom. The zero-order chi connectivity index (χ0) is 13.4. The molecule has 18 heavy (non-hydrogen) atoms. The summed E-state index contributed by atoms with van der Waals surface area (Å²) in [4.78, 5) is 35.3. The summed E-state index contributed by atoms with van der Waals surface area (Å²) in [6.07, 6.45) is -0.113. The second-order valence-corrected chi connectivity index (χ2v) is 4.97. The van der Waals surface area contributed by atoms with Crippen LogP contribution in [0.3, 0.4) is 0 Å². The number of hydrogen-bond donors (Lipinski definition) is 1. The van der Waals surface area contributed by atoms with Crippen LogP contribution in [-0.4, -0.2) is 29.3 Å². The Morgan fingerprint density at radius 3 is 2.56 bits per heavy atom. The number of ketones is 1. The molecule has 0 saturated carbocycles. The summed E-state index contributed by atoms with van der Waals surface area (Å²) in [6.45, 7) is 1.78. The lowest BCUT2D eigenvalue weighted by Gasteiger charge is -2.18. The molecule has 0 bridgehead atoms. The van der Waals surface area contributed by atoms with Crippen molar-refractivity contribution in [3.63, 3.8) is 0 Å². The molecule has 1 aromatic rings. The minimum atomic E-state index is -1.08. The monoisotopic (exact) mass is 311 g/mol. The molecular formula is C12H10BrNO4. The van der Waals surface area contributed by atoms with E-state index >= 15 is 0 Å². The largest absolute Gasteiger partial charge is 0.478 e. The standard InChI is InChI=1S/C12H10BrNO4/c1-6-2-9(13)8(12(17)18)4-10(6)14-5-7(15)3-11(14)16/h2,4H,3,5H2,1H3,(H,17,18). The summed E-state index contributed by atoms with van der Waals surface area (Å²) in [6, 6.07) is 3.05. The fraction of sp³-hybridized carbons (Fsp3) is 0.250. The molecule has 1 heterocycles. The average molecular weight is 312 g/mol. The van der Waals surface area contributed by atoms with Crippen molar-refractivity contribution in [3.8, 4) is 0 Å². The molecule has 1 saturated heterocycles. The van der Waals surface area contributed by atoms with Crippen LogP contribution in [0.2, 0.25) is 0 Å². The molecule has 1 aromatic carbocycles. The Bertz CT molecular complexity index is 567. The van der Waals surface area contributed by atoms with Crippen molar-refractivity contribution in [2.45, 2.75) is 13.3 Å². The van der Waals surface area contributed by atoms with Gasteiger partial charge in [0.05, 0.1) is 18.5 Å². The lowest BCUT2D eigenvalue weighted by atomic mass is 10.1. The number of nitrogens with zero attached hydrogens (tertiary/aromatic N) is 1. The Balaban J connectivity index is 2.51. The lowest BCUT2D eigenvalue weighted by Crippen LogP contribution is -2.25. The van der Waals surface area contributed by atoms with Crippen LogP contribution in [0.5, 0.6) is 0 Å². The van der Waals surface area contributed by atoms with Crippen molar-refractivity contribution >= 4 is 39.3 Å². The van der Waals surface area contributed by atoms with E-state index in [0.29, 0.717) is 10.2 Å². The van der Waals surface area contributed by atoms with Crippen LogP contribution in [0, 0.1) is 6.92 Å². The lowest BCUT2D eigenvalue weighted by molar-refractivity contribution is -0.121. The topological polar surface area (TPSA) is 74.7 Å². The average Bonchev–Trinajstić information content (AvgIpc) is 2.57. The molecule has 0 spiro atoms. The molecular weight excluding hydrogens is 302 g/mol. The minimum absolute atomic E-state index is 0.0143. The quantitative estimate of drug-likeness (QED) is 0.845. The maximum atomic E-state index is 11.6. The number of amides is 1. The third-order valence-electron chi connectivity index (χ3n) is 2.79. The van der Waals surface area contributed by atoms with Crippen LogP contribution in [0.15, 0.2) is 16.6 Å². The summed E-state index contributed by atoms with van der Waals surface area (Å²) in [7, 11) is 0. The van der Waals surface area contributed by atoms with Gasteiger partial charge in [0.15, 0.2) is 5.78 Å². The summed E-state index contributed by atoms with van der Waals surface area (Å²) < 4.78 is 0.453. The van der Waals surface area contributed by atoms with E-state index in [4.69, 9.17) is 5.11 Å². The highest BCUT2D eigenvalue weighted by molar-refractivity contribution is 9.10. The molecule has 1 aliphatic heterocycles. The highest BCUT2D eigenvalue weighted by Gasteiger charge is 2.30. The van der Waals surface area contributed by atoms with E-state index in [2.05, 4.69) is 15.9 Å². The molecule has 1 N–H and O–H groups in total. The second-order valence-electron chi connectivity index (χ2n) is 4.12. The van der Waals surface area contributed by atoms with Crippen molar-refractivity contribution in [2.75, 3.05) is 11.4 Å². The SMILES string of the molecule is Cc1cc(Br)c(C(=O)O)cc1N1CC(=O)CC1=O. The number of anilines is 1. The molecule has 0 radical (unpaired) electrons. The normalized spacial score (nSPS) is 15.3. The number of aryl methyl sites for hydroxylation is 1. The summed E-state index contributed by atoms with van der Waals surface area (Å²) >= 11 is 3.17. The van der Waals surface area contributed by atoms with E-state index in [1.165, 1.54) is 11.0 Å². The number of carboxylic acid groups (broad SMARTS) is 1. The van der Waals surface area contributed by atoms with Crippen molar-refractivity contribution in [1.82, 2.24) is 0 Å². The van der Waals surface area contributed by atoms with E-state index < -0.39 is 5.97 Å². The number of hydrogen-bond acceptors (Lipinski definition) is 3. The highest BCUT2D eigenvalue weighted by Crippen LogP contribution is 2.30. The van der Waals surface area contributed by atoms with Crippen molar-refractivity contribution in [3.05, 3.63) is 27.7 Å². The number of carbonyl (C=O) groups is 3. The number of rotatable bonds is 2. The molecule has 5 nitrogen and oxygen atoms in total. The van der Waals surface area contributed by atoms with Gasteiger partial charge in [-0.25, -0.2) is 4.79 Å². The van der Waals surface area contributed by atoms with Gasteiger partial charge in [-0.1, -0.05) is 0 Å². The van der Waals surface area contributed by atoms with Crippen LogP contribution >= 0.6 is 15.9 Å². The Hall–Kier alpha value is -1.69. The van der Waals surface area contributed by atoms with Crippen molar-refractivity contribution < 1.29 is 19.5 Å². The van der Waals surface area contributed by atoms with Crippen LogP contribution < -0.4 is 4.90 Å². The third kappa shape index (κ3) is 2.15. The fourth-order valence-electron chi connectivity index (χ4n) is 1.92. The van der Waals surface area contributed by atoms with Gasteiger partial charge in [-0.2, -0.15) is 0 Å². The molecule has 0 atom stereocenters. The Labute approximate surface area is 112 Å². The van der Waals surface area contributed by atoms with Crippen LogP contribution in [0.25, 0.3) is 0 Å². The van der Waals surface area contributed by atoms with Gasteiger partial charge in [-0.3, -0.25) is 9.59 Å². The van der Waals surface area contributed by atoms with Crippen LogP contribution in [0.4, 0.5) is 5.69 Å². The van der Waals surface area contributed by atoms with Crippen molar-refractivity contribution in [1.29, 1.82) is 0 Å². The first-order valence-electron chi connectivity index (χ1n) is 5.25. The maximum Gasteiger partial charge on any atom is 0.336 e. The molecule has 1 aliphatic rings. The molecule has 2 rings (SSSR count). The summed E-state index contributed by atoms with van der Waals surface area (Å²) in [5.41, 5.74) is 1.30. The van der Waals surface area contributed by atoms with Gasteiger partial charge in [0.1, 0.15) is 0 Å². The predicted molar refractivity (Wildman–Crippen MR) is 67.8 cm³/mol. The third-order valence-corrected chi connectivity index (χ3v) is 3.45. The van der Waals surface area contributed by atoms with Gasteiger partial charge in [-0.05, 0) is 40.5 Å². The van der Waals surface area contributed by atoms with Gasteiger partial charge in [-0.15, -0.1) is 0 Å². The van der Waals surface area contributed by atoms with Crippen molar-refractivity contribution in [2.24, 2.45) is 0 Å². The Morgan fingerprint density at radius 2 is 2.06 bits per heavy atom. The fourth-order valence-corrected chi connectivity index (χ4v) is 2.55. The predicted octanol–water partition coefficient (Wildman–Crippen LogP) is 1.76. The summed E-state index contributed by atoms with van der Waals surface area (Å²) in [5, 5.41) is 9.04. The molecule has 0 aromatic heterocycles. The van der Waals surface area contributed by atoms with Gasteiger partial charge < -0.3 is 10.0 Å². The number of aromatic carboxylic acids is 1. The second kappa shape index (κ2) is 4.53.